The number of rotatable bonds is 1. The van der Waals surface area contributed by atoms with Crippen LogP contribution in [0.1, 0.15) is 23.6 Å². The molecule has 1 radical (unpaired) electrons. The Kier molecular flexibility index (Phi) is 4.29. The minimum atomic E-state index is 0. The first-order chi connectivity index (χ1) is 12.2. The fraction of sp³-hybridized carbons (Fsp3) is 0.136. The zero-order valence-corrected chi connectivity index (χ0v) is 17.5. The monoisotopic (exact) mass is 511 g/mol. The van der Waals surface area contributed by atoms with Crippen LogP contribution >= 0.6 is 0 Å². The predicted octanol–water partition coefficient (Wildman–Crippen LogP) is 0.859. The summed E-state index contributed by atoms with van der Waals surface area (Å²) < 4.78 is 0. The van der Waals surface area contributed by atoms with E-state index in [0.717, 1.165) is 5.71 Å². The molecule has 0 unspecified atom stereocenters. The summed E-state index contributed by atoms with van der Waals surface area (Å²) in [6.45, 7) is 6.96. The molecule has 3 aromatic carbocycles. The van der Waals surface area contributed by atoms with Crippen molar-refractivity contribution in [2.24, 2.45) is 4.90 Å². The summed E-state index contributed by atoms with van der Waals surface area (Å²) in [5.41, 5.74) is 12.0. The summed E-state index contributed by atoms with van der Waals surface area (Å²) in [7, 11) is 0. The van der Waals surface area contributed by atoms with E-state index in [2.05, 4.69) is 75.4 Å². The molecular formula is C22H18B2IrN-. The van der Waals surface area contributed by atoms with Crippen LogP contribution in [0.5, 0.6) is 0 Å². The molecule has 1 nitrogen and oxygen atoms in total. The Morgan fingerprint density at radius 1 is 0.808 bits per heavy atom. The van der Waals surface area contributed by atoms with E-state index in [9.17, 15) is 0 Å². The van der Waals surface area contributed by atoms with Crippen LogP contribution in [-0.4, -0.2) is 19.3 Å². The predicted molar refractivity (Wildman–Crippen MR) is 110 cm³/mol. The van der Waals surface area contributed by atoms with Gasteiger partial charge in [0.25, 0.3) is 0 Å². The molecule has 2 heterocycles. The van der Waals surface area contributed by atoms with Crippen molar-refractivity contribution in [2.75, 3.05) is 0 Å². The fourth-order valence-electron chi connectivity index (χ4n) is 4.70. The summed E-state index contributed by atoms with van der Waals surface area (Å²) in [6, 6.07) is 23.2. The van der Waals surface area contributed by atoms with Crippen molar-refractivity contribution >= 4 is 46.6 Å². The molecule has 2 aliphatic heterocycles. The van der Waals surface area contributed by atoms with Crippen molar-refractivity contribution in [1.82, 2.24) is 0 Å². The Bertz CT molecular complexity index is 1040. The average molecular weight is 510 g/mol. The van der Waals surface area contributed by atoms with Gasteiger partial charge in [-0.15, -0.1) is 0 Å². The van der Waals surface area contributed by atoms with E-state index in [4.69, 9.17) is 4.90 Å². The van der Waals surface area contributed by atoms with E-state index in [1.54, 1.807) is 0 Å². The van der Waals surface area contributed by atoms with Crippen LogP contribution in [0.2, 0.25) is 0 Å². The molecule has 0 saturated carbocycles. The molecule has 0 spiro atoms. The minimum absolute atomic E-state index is 0. The first kappa shape index (κ1) is 17.5. The van der Waals surface area contributed by atoms with Crippen molar-refractivity contribution in [2.45, 2.75) is 20.8 Å². The second-order valence-corrected chi connectivity index (χ2v) is 7.20. The van der Waals surface area contributed by atoms with E-state index >= 15 is 0 Å². The number of aryl methyl sites for hydroxylation is 2. The quantitative estimate of drug-likeness (QED) is 0.341. The van der Waals surface area contributed by atoms with Gasteiger partial charge in [-0.25, -0.2) is 0 Å². The van der Waals surface area contributed by atoms with Crippen molar-refractivity contribution in [3.8, 4) is 0 Å². The van der Waals surface area contributed by atoms with Crippen molar-refractivity contribution in [1.29, 1.82) is 0 Å². The molecule has 0 aromatic heterocycles. The maximum Gasteiger partial charge on any atom is 0.319 e. The molecule has 0 atom stereocenters. The van der Waals surface area contributed by atoms with Crippen LogP contribution in [0, 0.1) is 19.9 Å². The van der Waals surface area contributed by atoms with E-state index < -0.39 is 0 Å². The van der Waals surface area contributed by atoms with Gasteiger partial charge in [0.2, 0.25) is 0 Å². The second kappa shape index (κ2) is 6.37. The van der Waals surface area contributed by atoms with Crippen LogP contribution in [-0.2, 0) is 20.1 Å². The Morgan fingerprint density at radius 2 is 1.50 bits per heavy atom. The average Bonchev–Trinajstić information content (AvgIpc) is 2.96. The molecule has 0 saturated heterocycles. The van der Waals surface area contributed by atoms with Crippen LogP contribution < -0.4 is 27.3 Å². The molecular weight excluding hydrogens is 492 g/mol. The van der Waals surface area contributed by atoms with Crippen molar-refractivity contribution in [3.63, 3.8) is 0 Å². The van der Waals surface area contributed by atoms with E-state index in [1.807, 2.05) is 6.07 Å². The SMILES string of the molecule is CC1=NB2c3[c-]cccc3B(c3c(C)cccc3C)c3cccc1c32.[Ir]. The maximum atomic E-state index is 4.99. The molecule has 127 valence electrons. The fourth-order valence-corrected chi connectivity index (χ4v) is 4.70. The number of benzene rings is 3. The first-order valence-electron chi connectivity index (χ1n) is 8.91. The number of fused-ring (bicyclic) bond motifs is 2. The third kappa shape index (κ3) is 2.32. The van der Waals surface area contributed by atoms with Crippen LogP contribution in [0.3, 0.4) is 0 Å². The smallest absolute Gasteiger partial charge is 0.319 e. The third-order valence-electron chi connectivity index (χ3n) is 5.77. The number of hydrogen-bond donors (Lipinski definition) is 0. The summed E-state index contributed by atoms with van der Waals surface area (Å²) in [4.78, 5) is 4.99. The molecule has 2 aliphatic rings. The van der Waals surface area contributed by atoms with Crippen molar-refractivity contribution < 1.29 is 20.1 Å². The van der Waals surface area contributed by atoms with Crippen LogP contribution in [0.15, 0.2) is 59.5 Å². The molecule has 4 heteroatoms. The third-order valence-corrected chi connectivity index (χ3v) is 5.77. The normalized spacial score (nSPS) is 13.7. The van der Waals surface area contributed by atoms with Gasteiger partial charge in [0, 0.05) is 25.8 Å². The zero-order valence-electron chi connectivity index (χ0n) is 15.1. The Balaban J connectivity index is 0.00000168. The van der Waals surface area contributed by atoms with E-state index in [-0.39, 0.29) is 33.7 Å². The summed E-state index contributed by atoms with van der Waals surface area (Å²) >= 11 is 0. The zero-order chi connectivity index (χ0) is 17.1. The molecule has 0 fully saturated rings. The Hall–Kier alpha value is -1.89. The van der Waals surface area contributed by atoms with Gasteiger partial charge in [0.05, 0.1) is 0 Å². The van der Waals surface area contributed by atoms with Gasteiger partial charge < -0.3 is 4.90 Å². The molecule has 26 heavy (non-hydrogen) atoms. The van der Waals surface area contributed by atoms with Gasteiger partial charge in [-0.3, -0.25) is 0 Å². The molecule has 5 rings (SSSR count). The van der Waals surface area contributed by atoms with Gasteiger partial charge >= 0.3 is 6.85 Å². The second-order valence-electron chi connectivity index (χ2n) is 7.20. The molecule has 0 aliphatic carbocycles. The van der Waals surface area contributed by atoms with Gasteiger partial charge in [0.15, 0.2) is 6.71 Å². The van der Waals surface area contributed by atoms with Gasteiger partial charge in [-0.1, -0.05) is 58.5 Å². The summed E-state index contributed by atoms with van der Waals surface area (Å²) in [6.07, 6.45) is 0. The first-order valence-corrected chi connectivity index (χ1v) is 8.91. The molecule has 0 amide bonds. The van der Waals surface area contributed by atoms with Gasteiger partial charge in [0.1, 0.15) is 0 Å². The standard InChI is InChI=1S/C22H18B2N.Ir/c1-14-8-6-9-15(2)21(14)23-18-11-4-5-12-19(18)24-22-17(16(3)25-24)10-7-13-20(22)23;/h4-11,13H,1-3H3;/q-1;. The molecule has 0 bridgehead atoms. The summed E-state index contributed by atoms with van der Waals surface area (Å²) in [5.74, 6) is 0. The maximum absolute atomic E-state index is 4.99. The largest absolute Gasteiger partial charge is 0.335 e. The van der Waals surface area contributed by atoms with Gasteiger partial charge in [-0.2, -0.15) is 35.2 Å². The molecule has 0 N–H and O–H groups in total. The Morgan fingerprint density at radius 3 is 2.27 bits per heavy atom. The molecule has 3 aromatic rings. The van der Waals surface area contributed by atoms with Crippen LogP contribution in [0.4, 0.5) is 0 Å². The number of hydrogen-bond acceptors (Lipinski definition) is 1. The van der Waals surface area contributed by atoms with Crippen molar-refractivity contribution in [3.05, 3.63) is 77.4 Å². The van der Waals surface area contributed by atoms with E-state index in [0.29, 0.717) is 0 Å². The topological polar surface area (TPSA) is 12.4 Å². The van der Waals surface area contributed by atoms with Gasteiger partial charge in [-0.05, 0) is 31.8 Å². The Labute approximate surface area is 169 Å². The number of nitrogens with zero attached hydrogens (tertiary/aromatic N) is 1. The summed E-state index contributed by atoms with van der Waals surface area (Å²) in [5, 5.41) is 0. The minimum Gasteiger partial charge on any atom is -0.335 e. The van der Waals surface area contributed by atoms with E-state index in [1.165, 1.54) is 44.0 Å². The van der Waals surface area contributed by atoms with Crippen LogP contribution in [0.25, 0.3) is 0 Å².